The zero-order chi connectivity index (χ0) is 14.0. The lowest BCUT2D eigenvalue weighted by atomic mass is 9.82. The van der Waals surface area contributed by atoms with Gasteiger partial charge in [-0.05, 0) is 27.7 Å². The van der Waals surface area contributed by atoms with Crippen molar-refractivity contribution in [2.75, 3.05) is 0 Å². The number of hydrogen-bond acceptors (Lipinski definition) is 4. The molecular weight excluding hydrogens is 233 g/mol. The van der Waals surface area contributed by atoms with Crippen molar-refractivity contribution in [1.29, 1.82) is 0 Å². The average molecular weight is 250 g/mol. The molecule has 18 heavy (non-hydrogen) atoms. The van der Waals surface area contributed by atoms with Gasteiger partial charge in [0.2, 0.25) is 0 Å². The fourth-order valence-corrected chi connectivity index (χ4v) is 1.11. The molecule has 0 aromatic heterocycles. The van der Waals surface area contributed by atoms with Gasteiger partial charge in [-0.15, -0.1) is 0 Å². The smallest absolute Gasteiger partial charge is 0.338 e. The maximum Gasteiger partial charge on any atom is 0.338 e. The van der Waals surface area contributed by atoms with Gasteiger partial charge in [-0.2, -0.15) is 0 Å². The average Bonchev–Trinajstić information content (AvgIpc) is 2.25. The molecule has 0 bridgehead atoms. The molecule has 1 N–H and O–H groups in total. The van der Waals surface area contributed by atoms with Crippen LogP contribution in [0.2, 0.25) is 0 Å². The third-order valence-corrected chi connectivity index (χ3v) is 3.09. The number of benzene rings is 1. The van der Waals surface area contributed by atoms with Gasteiger partial charge in [-0.3, -0.25) is 10.1 Å². The van der Waals surface area contributed by atoms with Gasteiger partial charge in [0.05, 0.1) is 16.1 Å². The van der Waals surface area contributed by atoms with Crippen LogP contribution in [0, 0.1) is 10.1 Å². The van der Waals surface area contributed by atoms with E-state index < -0.39 is 16.1 Å². The third kappa shape index (κ3) is 3.30. The van der Waals surface area contributed by atoms with E-state index in [1.807, 2.05) is 0 Å². The Morgan fingerprint density at radius 3 is 2.33 bits per heavy atom. The molecule has 5 nitrogen and oxygen atoms in total. The van der Waals surface area contributed by atoms with Crippen molar-refractivity contribution in [3.05, 3.63) is 34.4 Å². The molecule has 0 amide bonds. The van der Waals surface area contributed by atoms with Gasteiger partial charge < -0.3 is 9.76 Å². The summed E-state index contributed by atoms with van der Waals surface area (Å²) in [6.07, 6.45) is 0. The SMILES string of the molecule is CC(C)(O)C(C)(C)O[B]c1ccccc1[N+](=O)[O-]. The number of para-hydroxylation sites is 1. The molecule has 1 aromatic carbocycles. The Morgan fingerprint density at radius 2 is 1.83 bits per heavy atom. The molecule has 0 atom stereocenters. The van der Waals surface area contributed by atoms with Gasteiger partial charge in [0.25, 0.3) is 5.69 Å². The first-order valence-corrected chi connectivity index (χ1v) is 5.62. The van der Waals surface area contributed by atoms with E-state index in [9.17, 15) is 15.2 Å². The quantitative estimate of drug-likeness (QED) is 0.487. The van der Waals surface area contributed by atoms with E-state index in [-0.39, 0.29) is 5.69 Å². The minimum Gasteiger partial charge on any atom is -0.426 e. The molecule has 1 radical (unpaired) electrons. The number of hydrogen-bond donors (Lipinski definition) is 1. The maximum absolute atomic E-state index is 10.8. The van der Waals surface area contributed by atoms with E-state index in [2.05, 4.69) is 0 Å². The van der Waals surface area contributed by atoms with Gasteiger partial charge in [-0.1, -0.05) is 18.2 Å². The van der Waals surface area contributed by atoms with Crippen LogP contribution >= 0.6 is 0 Å². The molecule has 0 aliphatic carbocycles. The summed E-state index contributed by atoms with van der Waals surface area (Å²) in [4.78, 5) is 10.4. The highest BCUT2D eigenvalue weighted by molar-refractivity contribution is 6.49. The molecule has 6 heteroatoms. The second kappa shape index (κ2) is 5.08. The summed E-state index contributed by atoms with van der Waals surface area (Å²) in [5.74, 6) is 0. The van der Waals surface area contributed by atoms with Crippen molar-refractivity contribution < 1.29 is 14.7 Å². The van der Waals surface area contributed by atoms with Crippen molar-refractivity contribution in [1.82, 2.24) is 0 Å². The second-order valence-electron chi connectivity index (χ2n) is 5.12. The maximum atomic E-state index is 10.8. The summed E-state index contributed by atoms with van der Waals surface area (Å²) in [7, 11) is 1.32. The Labute approximate surface area is 107 Å². The largest absolute Gasteiger partial charge is 0.426 e. The molecular formula is C12H17BNO4. The summed E-state index contributed by atoms with van der Waals surface area (Å²) in [5.41, 5.74) is -1.56. The normalized spacial score (nSPS) is 12.3. The summed E-state index contributed by atoms with van der Waals surface area (Å²) in [5, 5.41) is 20.7. The lowest BCUT2D eigenvalue weighted by Gasteiger charge is -2.37. The monoisotopic (exact) mass is 250 g/mol. The zero-order valence-corrected chi connectivity index (χ0v) is 11.0. The van der Waals surface area contributed by atoms with Gasteiger partial charge >= 0.3 is 7.48 Å². The number of rotatable bonds is 5. The van der Waals surface area contributed by atoms with Crippen LogP contribution in [0.4, 0.5) is 5.69 Å². The molecule has 0 saturated heterocycles. The van der Waals surface area contributed by atoms with Gasteiger partial charge in [-0.25, -0.2) is 0 Å². The Kier molecular flexibility index (Phi) is 4.14. The highest BCUT2D eigenvalue weighted by Crippen LogP contribution is 2.24. The Hall–Kier alpha value is -1.40. The van der Waals surface area contributed by atoms with Crippen LogP contribution in [0.5, 0.6) is 0 Å². The summed E-state index contributed by atoms with van der Waals surface area (Å²) in [6.45, 7) is 6.69. The number of nitro groups is 1. The Bertz CT molecular complexity index is 440. The van der Waals surface area contributed by atoms with Gasteiger partial charge in [0, 0.05) is 11.5 Å². The minimum atomic E-state index is -1.06. The highest BCUT2D eigenvalue weighted by atomic mass is 16.6. The van der Waals surface area contributed by atoms with Crippen molar-refractivity contribution in [2.45, 2.75) is 38.9 Å². The van der Waals surface area contributed by atoms with Crippen LogP contribution in [0.1, 0.15) is 27.7 Å². The third-order valence-electron chi connectivity index (χ3n) is 3.09. The van der Waals surface area contributed by atoms with Crippen molar-refractivity contribution in [3.63, 3.8) is 0 Å². The minimum absolute atomic E-state index is 0.0240. The first-order valence-electron chi connectivity index (χ1n) is 5.62. The van der Waals surface area contributed by atoms with Crippen molar-refractivity contribution in [3.8, 4) is 0 Å². The number of nitrogens with zero attached hydrogens (tertiary/aromatic N) is 1. The van der Waals surface area contributed by atoms with Crippen LogP contribution < -0.4 is 5.46 Å². The summed E-state index contributed by atoms with van der Waals surface area (Å²) < 4.78 is 5.49. The van der Waals surface area contributed by atoms with E-state index in [0.29, 0.717) is 5.46 Å². The molecule has 1 rings (SSSR count). The predicted octanol–water partition coefficient (Wildman–Crippen LogP) is 1.41. The molecule has 0 heterocycles. The molecule has 1 aromatic rings. The summed E-state index contributed by atoms with van der Waals surface area (Å²) in [6, 6.07) is 6.29. The van der Waals surface area contributed by atoms with Gasteiger partial charge in [0.1, 0.15) is 0 Å². The van der Waals surface area contributed by atoms with E-state index in [1.165, 1.54) is 13.5 Å². The van der Waals surface area contributed by atoms with Crippen LogP contribution in [-0.4, -0.2) is 28.7 Å². The van der Waals surface area contributed by atoms with Gasteiger partial charge in [0.15, 0.2) is 0 Å². The van der Waals surface area contributed by atoms with Crippen LogP contribution in [0.15, 0.2) is 24.3 Å². The number of aliphatic hydroxyl groups is 1. The second-order valence-corrected chi connectivity index (χ2v) is 5.12. The van der Waals surface area contributed by atoms with E-state index in [0.717, 1.165) is 0 Å². The molecule has 97 valence electrons. The first kappa shape index (κ1) is 14.7. The standard InChI is InChI=1S/C12H17BNO4/c1-11(2,15)12(3,4)18-13-9-7-5-6-8-10(9)14(16)17/h5-8,15H,1-4H3. The molecule has 0 saturated carbocycles. The zero-order valence-electron chi connectivity index (χ0n) is 11.0. The van der Waals surface area contributed by atoms with Crippen LogP contribution in [-0.2, 0) is 4.65 Å². The Balaban J connectivity index is 2.85. The number of nitro benzene ring substituents is 1. The van der Waals surface area contributed by atoms with Crippen LogP contribution in [0.25, 0.3) is 0 Å². The lowest BCUT2D eigenvalue weighted by Crippen LogP contribution is -2.49. The molecule has 0 unspecified atom stereocenters. The lowest BCUT2D eigenvalue weighted by molar-refractivity contribution is -0.383. The Morgan fingerprint density at radius 1 is 1.28 bits per heavy atom. The van der Waals surface area contributed by atoms with Crippen molar-refractivity contribution >= 4 is 18.6 Å². The van der Waals surface area contributed by atoms with Crippen molar-refractivity contribution in [2.24, 2.45) is 0 Å². The van der Waals surface area contributed by atoms with Crippen LogP contribution in [0.3, 0.4) is 0 Å². The summed E-state index contributed by atoms with van der Waals surface area (Å²) >= 11 is 0. The predicted molar refractivity (Wildman–Crippen MR) is 69.9 cm³/mol. The molecule has 0 aliphatic rings. The first-order chi connectivity index (χ1) is 8.15. The van der Waals surface area contributed by atoms with E-state index >= 15 is 0 Å². The highest BCUT2D eigenvalue weighted by Gasteiger charge is 2.36. The van der Waals surface area contributed by atoms with E-state index in [4.69, 9.17) is 4.65 Å². The fraction of sp³-hybridized carbons (Fsp3) is 0.500. The molecule has 0 spiro atoms. The fourth-order valence-electron chi connectivity index (χ4n) is 1.11. The topological polar surface area (TPSA) is 72.6 Å². The molecule has 0 aliphatic heterocycles. The molecule has 0 fully saturated rings. The van der Waals surface area contributed by atoms with E-state index in [1.54, 1.807) is 45.9 Å².